The molecule has 3 amide bonds. The lowest BCUT2D eigenvalue weighted by molar-refractivity contribution is -0.164. The molecule has 1 aromatic heterocycles. The van der Waals surface area contributed by atoms with Gasteiger partial charge in [-0.05, 0) is 38.1 Å². The van der Waals surface area contributed by atoms with Crippen molar-refractivity contribution < 1.29 is 41.1 Å². The molecule has 2 aliphatic rings. The Labute approximate surface area is 237 Å². The first kappa shape index (κ1) is 30.8. The van der Waals surface area contributed by atoms with Crippen molar-refractivity contribution in [2.75, 3.05) is 26.2 Å². The van der Waals surface area contributed by atoms with E-state index in [-0.39, 0.29) is 37.4 Å². The average Bonchev–Trinajstić information content (AvgIpc) is 3.15. The molecule has 0 bridgehead atoms. The van der Waals surface area contributed by atoms with Crippen LogP contribution in [0.1, 0.15) is 26.0 Å². The lowest BCUT2D eigenvalue weighted by atomic mass is 9.74. The maximum Gasteiger partial charge on any atom is 0.408 e. The van der Waals surface area contributed by atoms with Gasteiger partial charge < -0.3 is 20.7 Å². The second kappa shape index (κ2) is 11.6. The average molecular weight is 597 g/mol. The van der Waals surface area contributed by atoms with E-state index in [1.54, 1.807) is 18.2 Å². The fraction of sp³-hybridized carbons (Fsp3) is 0.444. The van der Waals surface area contributed by atoms with E-state index in [0.717, 1.165) is 12.1 Å². The van der Waals surface area contributed by atoms with Gasteiger partial charge in [-0.3, -0.25) is 19.4 Å². The summed E-state index contributed by atoms with van der Waals surface area (Å²) in [5, 5.41) is 6.82. The van der Waals surface area contributed by atoms with Crippen molar-refractivity contribution in [3.05, 3.63) is 59.9 Å². The number of rotatable bonds is 9. The minimum atomic E-state index is -4.72. The number of hydrogen-bond acceptors (Lipinski definition) is 7. The molecule has 2 atom stereocenters. The number of hydrazone groups is 1. The van der Waals surface area contributed by atoms with E-state index in [4.69, 9.17) is 10.5 Å². The van der Waals surface area contributed by atoms with Crippen LogP contribution in [-0.4, -0.2) is 82.3 Å². The van der Waals surface area contributed by atoms with E-state index in [1.165, 1.54) is 24.9 Å². The number of aromatic nitrogens is 1. The van der Waals surface area contributed by atoms with E-state index in [0.29, 0.717) is 16.8 Å². The van der Waals surface area contributed by atoms with Crippen molar-refractivity contribution in [3.8, 4) is 5.75 Å². The summed E-state index contributed by atoms with van der Waals surface area (Å²) >= 11 is 0. The number of ether oxygens (including phenoxy) is 1. The Kier molecular flexibility index (Phi) is 8.53. The molecular weight excluding hydrogens is 567 g/mol. The molecule has 0 saturated carbocycles. The van der Waals surface area contributed by atoms with Gasteiger partial charge in [0.2, 0.25) is 11.8 Å². The third-order valence-electron chi connectivity index (χ3n) is 6.85. The van der Waals surface area contributed by atoms with Crippen LogP contribution >= 0.6 is 0 Å². The molecule has 3 heterocycles. The van der Waals surface area contributed by atoms with Gasteiger partial charge in [-0.25, -0.2) is 13.8 Å². The summed E-state index contributed by atoms with van der Waals surface area (Å²) in [7, 11) is 0. The maximum atomic E-state index is 14.2. The standard InChI is InChI=1S/C27H29F5N6O4/c1-25(2,33)23(40)35-19(13-42-20-7-6-16(28)11-18(20)29)22(39)37-10-8-21-26(14-37,12-17-5-3-4-9-34-17)24(41)38(36-21)15-27(30,31)32/h3-7,9,11,19H,8,10,12-15,33H2,1-2H3,(H,35,40)/t19?,26-/m1/s1. The molecule has 226 valence electrons. The van der Waals surface area contributed by atoms with Gasteiger partial charge >= 0.3 is 6.18 Å². The van der Waals surface area contributed by atoms with Crippen molar-refractivity contribution in [2.24, 2.45) is 16.3 Å². The van der Waals surface area contributed by atoms with Crippen LogP contribution in [-0.2, 0) is 20.8 Å². The molecule has 2 aliphatic heterocycles. The van der Waals surface area contributed by atoms with Gasteiger partial charge in [-0.2, -0.15) is 18.3 Å². The minimum absolute atomic E-state index is 0.0326. The molecule has 1 aromatic carbocycles. The highest BCUT2D eigenvalue weighted by Crippen LogP contribution is 2.39. The highest BCUT2D eigenvalue weighted by Gasteiger charge is 2.56. The summed E-state index contributed by atoms with van der Waals surface area (Å²) < 4.78 is 72.7. The number of halogens is 5. The summed E-state index contributed by atoms with van der Waals surface area (Å²) in [6.07, 6.45) is -3.41. The highest BCUT2D eigenvalue weighted by atomic mass is 19.4. The first-order valence-electron chi connectivity index (χ1n) is 12.9. The number of carbonyl (C=O) groups excluding carboxylic acids is 3. The van der Waals surface area contributed by atoms with Gasteiger partial charge in [0.1, 0.15) is 30.4 Å². The van der Waals surface area contributed by atoms with Gasteiger partial charge in [-0.1, -0.05) is 6.07 Å². The van der Waals surface area contributed by atoms with E-state index >= 15 is 0 Å². The van der Waals surface area contributed by atoms with Crippen molar-refractivity contribution >= 4 is 23.4 Å². The van der Waals surface area contributed by atoms with Crippen LogP contribution in [0.2, 0.25) is 0 Å². The lowest BCUT2D eigenvalue weighted by Gasteiger charge is -2.40. The summed E-state index contributed by atoms with van der Waals surface area (Å²) in [5.41, 5.74) is 3.38. The van der Waals surface area contributed by atoms with Crippen molar-refractivity contribution in [1.82, 2.24) is 20.2 Å². The zero-order chi connectivity index (χ0) is 30.9. The smallest absolute Gasteiger partial charge is 0.408 e. The molecule has 0 aliphatic carbocycles. The molecule has 15 heteroatoms. The molecule has 1 saturated heterocycles. The predicted octanol–water partition coefficient (Wildman–Crippen LogP) is 2.18. The van der Waals surface area contributed by atoms with E-state index < -0.39 is 65.7 Å². The molecule has 2 aromatic rings. The van der Waals surface area contributed by atoms with E-state index in [1.807, 2.05) is 0 Å². The zero-order valence-electron chi connectivity index (χ0n) is 22.8. The summed E-state index contributed by atoms with van der Waals surface area (Å²) in [6.45, 7) is 0.178. The predicted molar refractivity (Wildman–Crippen MR) is 139 cm³/mol. The first-order chi connectivity index (χ1) is 19.6. The molecule has 1 fully saturated rings. The largest absolute Gasteiger partial charge is 0.488 e. The Hall–Kier alpha value is -4.14. The zero-order valence-corrected chi connectivity index (χ0v) is 22.8. The number of alkyl halides is 3. The summed E-state index contributed by atoms with van der Waals surface area (Å²) in [5.74, 6) is -4.72. The molecule has 10 nitrogen and oxygen atoms in total. The molecule has 42 heavy (non-hydrogen) atoms. The number of amides is 3. The molecule has 0 radical (unpaired) electrons. The van der Waals surface area contributed by atoms with Crippen LogP contribution in [0, 0.1) is 17.0 Å². The number of piperidine rings is 1. The van der Waals surface area contributed by atoms with Gasteiger partial charge in [-0.15, -0.1) is 0 Å². The SMILES string of the molecule is CC(C)(N)C(=O)NC(COc1ccc(F)cc1F)C(=O)N1CCC2=NN(CC(F)(F)F)C(=O)[C@]2(Cc2ccccn2)C1. The number of carbonyl (C=O) groups is 3. The Bertz CT molecular complexity index is 1380. The first-order valence-corrected chi connectivity index (χ1v) is 12.9. The van der Waals surface area contributed by atoms with E-state index in [9.17, 15) is 36.3 Å². The van der Waals surface area contributed by atoms with Crippen molar-refractivity contribution in [2.45, 2.75) is 44.4 Å². The summed E-state index contributed by atoms with van der Waals surface area (Å²) in [6, 6.07) is 5.98. The van der Waals surface area contributed by atoms with Crippen LogP contribution in [0.3, 0.4) is 0 Å². The Balaban J connectivity index is 1.63. The van der Waals surface area contributed by atoms with Crippen LogP contribution in [0.25, 0.3) is 0 Å². The van der Waals surface area contributed by atoms with Crippen LogP contribution in [0.15, 0.2) is 47.7 Å². The molecule has 4 rings (SSSR count). The molecule has 3 N–H and O–H groups in total. The Morgan fingerprint density at radius 1 is 1.19 bits per heavy atom. The molecular formula is C27H29F5N6O4. The van der Waals surface area contributed by atoms with Gasteiger partial charge in [0.25, 0.3) is 5.91 Å². The number of benzene rings is 1. The maximum absolute atomic E-state index is 14.2. The number of hydrogen-bond donors (Lipinski definition) is 2. The van der Waals surface area contributed by atoms with Crippen molar-refractivity contribution in [3.63, 3.8) is 0 Å². The van der Waals surface area contributed by atoms with Crippen LogP contribution in [0.4, 0.5) is 22.0 Å². The van der Waals surface area contributed by atoms with Gasteiger partial charge in [0.05, 0.1) is 11.3 Å². The quantitative estimate of drug-likeness (QED) is 0.427. The third kappa shape index (κ3) is 6.83. The fourth-order valence-electron chi connectivity index (χ4n) is 4.77. The van der Waals surface area contributed by atoms with Crippen LogP contribution < -0.4 is 15.8 Å². The number of fused-ring (bicyclic) bond motifs is 1. The number of pyridine rings is 1. The summed E-state index contributed by atoms with van der Waals surface area (Å²) in [4.78, 5) is 45.5. The topological polar surface area (TPSA) is 130 Å². The molecule has 0 spiro atoms. The van der Waals surface area contributed by atoms with Crippen LogP contribution in [0.5, 0.6) is 5.75 Å². The normalized spacial score (nSPS) is 19.7. The fourth-order valence-corrected chi connectivity index (χ4v) is 4.77. The van der Waals surface area contributed by atoms with Crippen molar-refractivity contribution in [1.29, 1.82) is 0 Å². The Morgan fingerprint density at radius 3 is 2.55 bits per heavy atom. The second-order valence-electron chi connectivity index (χ2n) is 10.7. The van der Waals surface area contributed by atoms with Gasteiger partial charge in [0, 0.05) is 43.9 Å². The number of nitrogens with two attached hydrogens (primary N) is 1. The Morgan fingerprint density at radius 2 is 1.93 bits per heavy atom. The number of nitrogens with one attached hydrogen (secondary N) is 1. The third-order valence-corrected chi connectivity index (χ3v) is 6.85. The number of nitrogens with zero attached hydrogens (tertiary/aromatic N) is 4. The monoisotopic (exact) mass is 596 g/mol. The minimum Gasteiger partial charge on any atom is -0.488 e. The second-order valence-corrected chi connectivity index (χ2v) is 10.7. The highest BCUT2D eigenvalue weighted by molar-refractivity contribution is 6.13. The molecule has 1 unspecified atom stereocenters. The number of likely N-dealkylation sites (tertiary alicyclic amines) is 1. The lowest BCUT2D eigenvalue weighted by Crippen LogP contribution is -2.62. The van der Waals surface area contributed by atoms with Gasteiger partial charge in [0.15, 0.2) is 11.6 Å². The van der Waals surface area contributed by atoms with E-state index in [2.05, 4.69) is 15.4 Å².